The Hall–Kier alpha value is -3.29. The normalized spacial score (nSPS) is 10.5. The fourth-order valence-corrected chi connectivity index (χ4v) is 2.23. The molecule has 1 amide bonds. The molecule has 128 valence electrons. The number of carbonyl (C=O) groups excluding carboxylic acids is 1. The summed E-state index contributed by atoms with van der Waals surface area (Å²) in [6, 6.07) is 7.60. The van der Waals surface area contributed by atoms with Crippen molar-refractivity contribution in [2.24, 2.45) is 0 Å². The molecule has 7 nitrogen and oxygen atoms in total. The molecule has 0 saturated carbocycles. The maximum atomic E-state index is 13.7. The third-order valence-electron chi connectivity index (χ3n) is 3.51. The third-order valence-corrected chi connectivity index (χ3v) is 3.51. The van der Waals surface area contributed by atoms with Crippen molar-refractivity contribution in [3.05, 3.63) is 60.0 Å². The Morgan fingerprint density at radius 1 is 1.36 bits per heavy atom. The van der Waals surface area contributed by atoms with Crippen molar-refractivity contribution in [3.63, 3.8) is 0 Å². The van der Waals surface area contributed by atoms with Crippen LogP contribution in [0.3, 0.4) is 0 Å². The molecule has 0 fully saturated rings. The van der Waals surface area contributed by atoms with Crippen molar-refractivity contribution in [3.8, 4) is 17.1 Å². The number of hydrogen-bond donors (Lipinski definition) is 0. The van der Waals surface area contributed by atoms with Gasteiger partial charge in [-0.3, -0.25) is 9.78 Å². The highest BCUT2D eigenvalue weighted by Gasteiger charge is 2.17. The number of ether oxygens (including phenoxy) is 1. The molecule has 0 aliphatic rings. The molecule has 3 rings (SSSR count). The number of hydrogen-bond acceptors (Lipinski definition) is 6. The number of amides is 1. The highest BCUT2D eigenvalue weighted by Crippen LogP contribution is 2.19. The van der Waals surface area contributed by atoms with Crippen molar-refractivity contribution in [2.45, 2.75) is 6.54 Å². The minimum Gasteiger partial charge on any atom is -0.494 e. The van der Waals surface area contributed by atoms with Gasteiger partial charge in [0.1, 0.15) is 0 Å². The Morgan fingerprint density at radius 2 is 2.20 bits per heavy atom. The molecule has 0 unspecified atom stereocenters. The first-order valence-electron chi connectivity index (χ1n) is 7.40. The summed E-state index contributed by atoms with van der Waals surface area (Å²) in [7, 11) is 2.93. The van der Waals surface area contributed by atoms with Gasteiger partial charge in [0.05, 0.1) is 13.7 Å². The van der Waals surface area contributed by atoms with Gasteiger partial charge in [0, 0.05) is 30.6 Å². The van der Waals surface area contributed by atoms with E-state index in [1.54, 1.807) is 31.6 Å². The Kier molecular flexibility index (Phi) is 4.69. The quantitative estimate of drug-likeness (QED) is 0.709. The Balaban J connectivity index is 1.72. The van der Waals surface area contributed by atoms with Gasteiger partial charge in [0.15, 0.2) is 11.6 Å². The monoisotopic (exact) mass is 342 g/mol. The van der Waals surface area contributed by atoms with Gasteiger partial charge in [-0.25, -0.2) is 4.39 Å². The molecule has 8 heteroatoms. The topological polar surface area (TPSA) is 81.4 Å². The van der Waals surface area contributed by atoms with Crippen LogP contribution in [0.1, 0.15) is 16.2 Å². The van der Waals surface area contributed by atoms with Crippen molar-refractivity contribution < 1.29 is 18.4 Å². The van der Waals surface area contributed by atoms with Crippen LogP contribution in [-0.4, -0.2) is 40.1 Å². The van der Waals surface area contributed by atoms with Crippen LogP contribution in [0, 0.1) is 5.82 Å². The first-order valence-corrected chi connectivity index (χ1v) is 7.40. The molecule has 0 aliphatic heterocycles. The molecule has 25 heavy (non-hydrogen) atoms. The molecular weight excluding hydrogens is 327 g/mol. The van der Waals surface area contributed by atoms with Gasteiger partial charge in [-0.1, -0.05) is 5.16 Å². The predicted molar refractivity (Wildman–Crippen MR) is 86.3 cm³/mol. The lowest BCUT2D eigenvalue weighted by Crippen LogP contribution is -2.26. The summed E-state index contributed by atoms with van der Waals surface area (Å²) in [4.78, 5) is 22.0. The smallest absolute Gasteiger partial charge is 0.254 e. The van der Waals surface area contributed by atoms with Gasteiger partial charge in [0.25, 0.3) is 5.91 Å². The average molecular weight is 342 g/mol. The first kappa shape index (κ1) is 16.6. The standard InChI is InChI=1S/C17H15FN4O3/c1-22(17(23)11-5-6-14(24-2)13(18)8-11)10-15-20-16(21-25-15)12-4-3-7-19-9-12/h3-9H,10H2,1-2H3. The second-order valence-electron chi connectivity index (χ2n) is 5.26. The van der Waals surface area contributed by atoms with Crippen LogP contribution in [-0.2, 0) is 6.54 Å². The summed E-state index contributed by atoms with van der Waals surface area (Å²) in [5.74, 6) is -0.235. The van der Waals surface area contributed by atoms with E-state index in [1.807, 2.05) is 0 Å². The van der Waals surface area contributed by atoms with Crippen molar-refractivity contribution >= 4 is 5.91 Å². The molecule has 0 saturated heterocycles. The van der Waals surface area contributed by atoms with Gasteiger partial charge < -0.3 is 14.2 Å². The number of nitrogens with zero attached hydrogens (tertiary/aromatic N) is 4. The Morgan fingerprint density at radius 3 is 2.88 bits per heavy atom. The number of halogens is 1. The fourth-order valence-electron chi connectivity index (χ4n) is 2.23. The molecule has 0 radical (unpaired) electrons. The largest absolute Gasteiger partial charge is 0.494 e. The van der Waals surface area contributed by atoms with Crippen molar-refractivity contribution in [1.82, 2.24) is 20.0 Å². The van der Waals surface area contributed by atoms with Crippen LogP contribution in [0.15, 0.2) is 47.2 Å². The van der Waals surface area contributed by atoms with E-state index in [0.717, 1.165) is 6.07 Å². The molecule has 0 bridgehead atoms. The predicted octanol–water partition coefficient (Wildman–Crippen LogP) is 2.55. The minimum atomic E-state index is -0.599. The van der Waals surface area contributed by atoms with Gasteiger partial charge >= 0.3 is 0 Å². The zero-order valence-corrected chi connectivity index (χ0v) is 13.6. The second kappa shape index (κ2) is 7.08. The minimum absolute atomic E-state index is 0.0808. The SMILES string of the molecule is COc1ccc(C(=O)N(C)Cc2nc(-c3cccnc3)no2)cc1F. The van der Waals surface area contributed by atoms with Crippen molar-refractivity contribution in [1.29, 1.82) is 0 Å². The van der Waals surface area contributed by atoms with E-state index < -0.39 is 5.82 Å². The van der Waals surface area contributed by atoms with E-state index in [0.29, 0.717) is 11.4 Å². The first-order chi connectivity index (χ1) is 12.1. The van der Waals surface area contributed by atoms with E-state index in [2.05, 4.69) is 15.1 Å². The van der Waals surface area contributed by atoms with Crippen LogP contribution >= 0.6 is 0 Å². The summed E-state index contributed by atoms with van der Waals surface area (Å²) in [5, 5.41) is 3.87. The summed E-state index contributed by atoms with van der Waals surface area (Å²) >= 11 is 0. The Labute approximate surface area is 143 Å². The van der Waals surface area contributed by atoms with Crippen LogP contribution in [0.2, 0.25) is 0 Å². The number of rotatable bonds is 5. The number of benzene rings is 1. The number of carbonyl (C=O) groups is 1. The number of aromatic nitrogens is 3. The summed E-state index contributed by atoms with van der Waals surface area (Å²) in [6.07, 6.45) is 3.26. The van der Waals surface area contributed by atoms with Gasteiger partial charge in [-0.05, 0) is 30.3 Å². The highest BCUT2D eigenvalue weighted by atomic mass is 19.1. The lowest BCUT2D eigenvalue weighted by atomic mass is 10.2. The lowest BCUT2D eigenvalue weighted by molar-refractivity contribution is 0.0769. The lowest BCUT2D eigenvalue weighted by Gasteiger charge is -2.15. The molecule has 1 aromatic carbocycles. The van der Waals surface area contributed by atoms with E-state index in [4.69, 9.17) is 9.26 Å². The maximum absolute atomic E-state index is 13.7. The second-order valence-corrected chi connectivity index (χ2v) is 5.26. The number of methoxy groups -OCH3 is 1. The van der Waals surface area contributed by atoms with Gasteiger partial charge in [-0.2, -0.15) is 4.98 Å². The summed E-state index contributed by atoms with van der Waals surface area (Å²) in [6.45, 7) is 0.0970. The summed E-state index contributed by atoms with van der Waals surface area (Å²) < 4.78 is 23.8. The van der Waals surface area contributed by atoms with Crippen LogP contribution in [0.4, 0.5) is 4.39 Å². The summed E-state index contributed by atoms with van der Waals surface area (Å²) in [5.41, 5.74) is 0.913. The van der Waals surface area contributed by atoms with Crippen LogP contribution in [0.25, 0.3) is 11.4 Å². The van der Waals surface area contributed by atoms with Crippen LogP contribution < -0.4 is 4.74 Å². The highest BCUT2D eigenvalue weighted by molar-refractivity contribution is 5.94. The average Bonchev–Trinajstić information content (AvgIpc) is 3.10. The molecule has 3 aromatic rings. The van der Waals surface area contributed by atoms with Crippen molar-refractivity contribution in [2.75, 3.05) is 14.2 Å². The van der Waals surface area contributed by atoms with Gasteiger partial charge in [-0.15, -0.1) is 0 Å². The van der Waals surface area contributed by atoms with Gasteiger partial charge in [0.2, 0.25) is 11.7 Å². The van der Waals surface area contributed by atoms with E-state index in [-0.39, 0.29) is 29.7 Å². The molecule has 0 atom stereocenters. The molecule has 2 heterocycles. The molecular formula is C17H15FN4O3. The fraction of sp³-hybridized carbons (Fsp3) is 0.176. The van der Waals surface area contributed by atoms with E-state index >= 15 is 0 Å². The molecule has 2 aromatic heterocycles. The molecule has 0 N–H and O–H groups in total. The van der Waals surface area contributed by atoms with E-state index in [9.17, 15) is 9.18 Å². The molecule has 0 spiro atoms. The van der Waals surface area contributed by atoms with Crippen LogP contribution in [0.5, 0.6) is 5.75 Å². The number of pyridine rings is 1. The molecule has 0 aliphatic carbocycles. The third kappa shape index (κ3) is 3.63. The van der Waals surface area contributed by atoms with E-state index in [1.165, 1.54) is 24.1 Å². The zero-order valence-electron chi connectivity index (χ0n) is 13.6. The maximum Gasteiger partial charge on any atom is 0.254 e. The Bertz CT molecular complexity index is 883. The zero-order chi connectivity index (χ0) is 17.8.